The highest BCUT2D eigenvalue weighted by Crippen LogP contribution is 2.37. The SMILES string of the molecule is Cc1csc(C(C)NC(=O)[C@H]2CC(C)C[C@H]2C(=O)O)n1. The zero-order valence-electron chi connectivity index (χ0n) is 11.9. The van der Waals surface area contributed by atoms with Crippen molar-refractivity contribution in [2.45, 2.75) is 39.7 Å². The quantitative estimate of drug-likeness (QED) is 0.894. The van der Waals surface area contributed by atoms with Crippen molar-refractivity contribution in [1.29, 1.82) is 0 Å². The molecule has 20 heavy (non-hydrogen) atoms. The molecule has 2 unspecified atom stereocenters. The van der Waals surface area contributed by atoms with Crippen molar-refractivity contribution in [2.75, 3.05) is 0 Å². The van der Waals surface area contributed by atoms with E-state index in [1.54, 1.807) is 0 Å². The lowest BCUT2D eigenvalue weighted by Gasteiger charge is -2.18. The van der Waals surface area contributed by atoms with E-state index in [0.717, 1.165) is 10.7 Å². The van der Waals surface area contributed by atoms with Gasteiger partial charge in [0.2, 0.25) is 5.91 Å². The third kappa shape index (κ3) is 3.17. The molecular formula is C14H20N2O3S. The topological polar surface area (TPSA) is 79.3 Å². The number of nitrogens with zero attached hydrogens (tertiary/aromatic N) is 1. The van der Waals surface area contributed by atoms with Crippen LogP contribution < -0.4 is 5.32 Å². The minimum Gasteiger partial charge on any atom is -0.481 e. The Bertz CT molecular complexity index is 514. The number of aliphatic carboxylic acids is 1. The molecule has 0 aromatic carbocycles. The maximum absolute atomic E-state index is 12.3. The van der Waals surface area contributed by atoms with Gasteiger partial charge in [-0.3, -0.25) is 9.59 Å². The first kappa shape index (κ1) is 15.0. The third-order valence-corrected chi connectivity index (χ3v) is 4.96. The fraction of sp³-hybridized carbons (Fsp3) is 0.643. The van der Waals surface area contributed by atoms with Crippen molar-refractivity contribution in [1.82, 2.24) is 10.3 Å². The van der Waals surface area contributed by atoms with Crippen LogP contribution >= 0.6 is 11.3 Å². The molecule has 0 bridgehead atoms. The van der Waals surface area contributed by atoms with Gasteiger partial charge in [0.15, 0.2) is 0 Å². The van der Waals surface area contributed by atoms with E-state index >= 15 is 0 Å². The summed E-state index contributed by atoms with van der Waals surface area (Å²) in [7, 11) is 0. The van der Waals surface area contributed by atoms with Crippen molar-refractivity contribution < 1.29 is 14.7 Å². The third-order valence-electron chi connectivity index (χ3n) is 3.82. The van der Waals surface area contributed by atoms with Crippen LogP contribution in [0.3, 0.4) is 0 Å². The number of aryl methyl sites for hydroxylation is 1. The van der Waals surface area contributed by atoms with Crippen LogP contribution in [0.1, 0.15) is 43.4 Å². The Balaban J connectivity index is 2.02. The van der Waals surface area contributed by atoms with Gasteiger partial charge in [0.1, 0.15) is 5.01 Å². The Morgan fingerprint density at radius 2 is 2.10 bits per heavy atom. The van der Waals surface area contributed by atoms with Crippen molar-refractivity contribution in [3.63, 3.8) is 0 Å². The van der Waals surface area contributed by atoms with Gasteiger partial charge in [-0.1, -0.05) is 6.92 Å². The number of carbonyl (C=O) groups is 2. The number of thiazole rings is 1. The van der Waals surface area contributed by atoms with E-state index in [0.29, 0.717) is 12.8 Å². The van der Waals surface area contributed by atoms with E-state index in [1.165, 1.54) is 11.3 Å². The van der Waals surface area contributed by atoms with Gasteiger partial charge in [0.05, 0.1) is 17.9 Å². The van der Waals surface area contributed by atoms with Gasteiger partial charge < -0.3 is 10.4 Å². The molecule has 0 spiro atoms. The van der Waals surface area contributed by atoms with Crippen molar-refractivity contribution in [3.8, 4) is 0 Å². The summed E-state index contributed by atoms with van der Waals surface area (Å²) < 4.78 is 0. The van der Waals surface area contributed by atoms with E-state index in [9.17, 15) is 14.7 Å². The predicted molar refractivity (Wildman–Crippen MR) is 76.4 cm³/mol. The van der Waals surface area contributed by atoms with Crippen molar-refractivity contribution >= 4 is 23.2 Å². The van der Waals surface area contributed by atoms with E-state index < -0.39 is 17.8 Å². The zero-order valence-corrected chi connectivity index (χ0v) is 12.7. The summed E-state index contributed by atoms with van der Waals surface area (Å²) in [5.41, 5.74) is 0.934. The fourth-order valence-electron chi connectivity index (χ4n) is 2.81. The Hall–Kier alpha value is -1.43. The molecular weight excluding hydrogens is 276 g/mol. The first-order valence-electron chi connectivity index (χ1n) is 6.83. The molecule has 1 saturated carbocycles. The fourth-order valence-corrected chi connectivity index (χ4v) is 3.61. The summed E-state index contributed by atoms with van der Waals surface area (Å²) in [4.78, 5) is 27.9. The lowest BCUT2D eigenvalue weighted by molar-refractivity contribution is -0.146. The molecule has 1 aliphatic carbocycles. The largest absolute Gasteiger partial charge is 0.481 e. The molecule has 1 aromatic rings. The van der Waals surface area contributed by atoms with Crippen LogP contribution in [0.5, 0.6) is 0 Å². The van der Waals surface area contributed by atoms with Crippen LogP contribution in [-0.4, -0.2) is 22.0 Å². The second-order valence-electron chi connectivity index (χ2n) is 5.69. The highest BCUT2D eigenvalue weighted by atomic mass is 32.1. The summed E-state index contributed by atoms with van der Waals surface area (Å²) in [6.07, 6.45) is 1.23. The molecule has 0 aliphatic heterocycles. The molecule has 1 aliphatic rings. The Morgan fingerprint density at radius 3 is 2.65 bits per heavy atom. The van der Waals surface area contributed by atoms with E-state index in [-0.39, 0.29) is 17.9 Å². The standard InChI is InChI=1S/C14H20N2O3S/c1-7-4-10(11(5-7)14(18)19)12(17)16-9(3)13-15-8(2)6-20-13/h6-7,9-11H,4-5H2,1-3H3,(H,16,17)(H,18,19)/t7?,9?,10-,11+/m0/s1. The van der Waals surface area contributed by atoms with Gasteiger partial charge in [0, 0.05) is 11.1 Å². The smallest absolute Gasteiger partial charge is 0.307 e. The maximum Gasteiger partial charge on any atom is 0.307 e. The molecule has 110 valence electrons. The highest BCUT2D eigenvalue weighted by Gasteiger charge is 2.41. The van der Waals surface area contributed by atoms with E-state index in [2.05, 4.69) is 10.3 Å². The van der Waals surface area contributed by atoms with E-state index in [4.69, 9.17) is 0 Å². The van der Waals surface area contributed by atoms with Gasteiger partial charge in [-0.05, 0) is 32.6 Å². The van der Waals surface area contributed by atoms with Gasteiger partial charge in [-0.25, -0.2) is 4.98 Å². The molecule has 0 saturated heterocycles. The number of carboxylic acid groups (broad SMARTS) is 1. The van der Waals surface area contributed by atoms with Gasteiger partial charge in [-0.2, -0.15) is 0 Å². The molecule has 0 radical (unpaired) electrons. The Kier molecular flexibility index (Phi) is 4.42. The second-order valence-corrected chi connectivity index (χ2v) is 6.57. The molecule has 5 nitrogen and oxygen atoms in total. The number of rotatable bonds is 4. The number of hydrogen-bond donors (Lipinski definition) is 2. The van der Waals surface area contributed by atoms with Crippen LogP contribution in [0.15, 0.2) is 5.38 Å². The molecule has 1 heterocycles. The number of hydrogen-bond acceptors (Lipinski definition) is 4. The maximum atomic E-state index is 12.3. The summed E-state index contributed by atoms with van der Waals surface area (Å²) in [6, 6.07) is -0.174. The molecule has 4 atom stereocenters. The molecule has 2 N–H and O–H groups in total. The summed E-state index contributed by atoms with van der Waals surface area (Å²) in [5, 5.41) is 14.9. The summed E-state index contributed by atoms with van der Waals surface area (Å²) in [5.74, 6) is -1.74. The highest BCUT2D eigenvalue weighted by molar-refractivity contribution is 7.09. The van der Waals surface area contributed by atoms with Gasteiger partial charge in [0.25, 0.3) is 0 Å². The predicted octanol–water partition coefficient (Wildman–Crippen LogP) is 2.38. The summed E-state index contributed by atoms with van der Waals surface area (Å²) in [6.45, 7) is 5.79. The molecule has 2 rings (SSSR count). The first-order chi connectivity index (χ1) is 9.38. The van der Waals surface area contributed by atoms with Crippen molar-refractivity contribution in [3.05, 3.63) is 16.1 Å². The number of aromatic nitrogens is 1. The number of nitrogens with one attached hydrogen (secondary N) is 1. The van der Waals surface area contributed by atoms with E-state index in [1.807, 2.05) is 26.2 Å². The van der Waals surface area contributed by atoms with Gasteiger partial charge in [-0.15, -0.1) is 11.3 Å². The first-order valence-corrected chi connectivity index (χ1v) is 7.71. The van der Waals surface area contributed by atoms with Gasteiger partial charge >= 0.3 is 5.97 Å². The number of carboxylic acids is 1. The second kappa shape index (κ2) is 5.91. The van der Waals surface area contributed by atoms with Crippen LogP contribution in [0.2, 0.25) is 0 Å². The van der Waals surface area contributed by atoms with Crippen LogP contribution in [-0.2, 0) is 9.59 Å². The average molecular weight is 296 g/mol. The lowest BCUT2D eigenvalue weighted by atomic mass is 9.95. The molecule has 1 fully saturated rings. The summed E-state index contributed by atoms with van der Waals surface area (Å²) >= 11 is 1.51. The van der Waals surface area contributed by atoms with Crippen LogP contribution in [0.4, 0.5) is 0 Å². The minimum atomic E-state index is -0.868. The molecule has 1 amide bonds. The zero-order chi connectivity index (χ0) is 14.9. The van der Waals surface area contributed by atoms with Crippen LogP contribution in [0.25, 0.3) is 0 Å². The van der Waals surface area contributed by atoms with Crippen molar-refractivity contribution in [2.24, 2.45) is 17.8 Å². The molecule has 6 heteroatoms. The number of amides is 1. The Labute approximate surface area is 122 Å². The monoisotopic (exact) mass is 296 g/mol. The average Bonchev–Trinajstić information content (AvgIpc) is 2.95. The lowest BCUT2D eigenvalue weighted by Crippen LogP contribution is -2.36. The number of carbonyl (C=O) groups excluding carboxylic acids is 1. The minimum absolute atomic E-state index is 0.165. The Morgan fingerprint density at radius 1 is 1.45 bits per heavy atom. The van der Waals surface area contributed by atoms with Crippen LogP contribution in [0, 0.1) is 24.7 Å². The molecule has 1 aromatic heterocycles. The normalized spacial score (nSPS) is 27.2.